The van der Waals surface area contributed by atoms with Gasteiger partial charge < -0.3 is 4.90 Å². The number of hydrogen-bond acceptors (Lipinski definition) is 4. The molecule has 9 heteroatoms. The van der Waals surface area contributed by atoms with Crippen molar-refractivity contribution in [3.8, 4) is 0 Å². The SMILES string of the molecule is Cc1cc(C)n2nc(C)c(C(=O)N3CCN(Cc4cccc(C(F)(F)F)c4)CC3)c2n1. The van der Waals surface area contributed by atoms with Gasteiger partial charge in [0.15, 0.2) is 5.65 Å². The van der Waals surface area contributed by atoms with Crippen LogP contribution in [0.4, 0.5) is 13.2 Å². The molecule has 1 fully saturated rings. The Kier molecular flexibility index (Phi) is 5.47. The van der Waals surface area contributed by atoms with Gasteiger partial charge in [0.25, 0.3) is 5.91 Å². The Morgan fingerprint density at radius 3 is 2.45 bits per heavy atom. The van der Waals surface area contributed by atoms with Crippen molar-refractivity contribution in [2.45, 2.75) is 33.5 Å². The van der Waals surface area contributed by atoms with Crippen LogP contribution in [0.3, 0.4) is 0 Å². The molecule has 4 rings (SSSR count). The van der Waals surface area contributed by atoms with Gasteiger partial charge >= 0.3 is 6.18 Å². The second-order valence-corrected chi connectivity index (χ2v) is 8.00. The number of amides is 1. The first-order valence-corrected chi connectivity index (χ1v) is 10.1. The Morgan fingerprint density at radius 1 is 1.06 bits per heavy atom. The summed E-state index contributed by atoms with van der Waals surface area (Å²) < 4.78 is 40.5. The zero-order valence-corrected chi connectivity index (χ0v) is 17.7. The third-order valence-corrected chi connectivity index (χ3v) is 5.60. The molecule has 1 aromatic carbocycles. The Bertz CT molecular complexity index is 1130. The number of aromatic nitrogens is 3. The van der Waals surface area contributed by atoms with E-state index in [-0.39, 0.29) is 5.91 Å². The standard InChI is InChI=1S/C22H24F3N5O/c1-14-11-15(2)30-20(26-14)19(16(3)27-30)21(31)29-9-7-28(8-10-29)13-17-5-4-6-18(12-17)22(23,24)25/h4-6,11-12H,7-10,13H2,1-3H3. The molecule has 0 atom stereocenters. The fourth-order valence-electron chi connectivity index (χ4n) is 4.05. The van der Waals surface area contributed by atoms with Crippen molar-refractivity contribution in [1.29, 1.82) is 0 Å². The summed E-state index contributed by atoms with van der Waals surface area (Å²) in [6.45, 7) is 8.21. The Morgan fingerprint density at radius 2 is 1.77 bits per heavy atom. The number of alkyl halides is 3. The third-order valence-electron chi connectivity index (χ3n) is 5.60. The highest BCUT2D eigenvalue weighted by atomic mass is 19.4. The summed E-state index contributed by atoms with van der Waals surface area (Å²) in [6.07, 6.45) is -4.35. The zero-order valence-electron chi connectivity index (χ0n) is 17.7. The molecule has 0 saturated carbocycles. The number of fused-ring (bicyclic) bond motifs is 1. The van der Waals surface area contributed by atoms with Crippen molar-refractivity contribution in [2.24, 2.45) is 0 Å². The molecule has 164 valence electrons. The maximum Gasteiger partial charge on any atom is 0.416 e. The minimum Gasteiger partial charge on any atom is -0.336 e. The maximum atomic E-state index is 13.2. The van der Waals surface area contributed by atoms with Gasteiger partial charge in [0.05, 0.1) is 11.3 Å². The summed E-state index contributed by atoms with van der Waals surface area (Å²) in [4.78, 5) is 21.6. The number of benzene rings is 1. The number of hydrogen-bond donors (Lipinski definition) is 0. The van der Waals surface area contributed by atoms with Crippen LogP contribution in [0.25, 0.3) is 5.65 Å². The molecule has 0 bridgehead atoms. The van der Waals surface area contributed by atoms with E-state index in [1.807, 2.05) is 19.9 Å². The van der Waals surface area contributed by atoms with Gasteiger partial charge in [0, 0.05) is 44.1 Å². The zero-order chi connectivity index (χ0) is 22.3. The molecule has 2 aromatic heterocycles. The number of piperazine rings is 1. The number of aryl methyl sites for hydroxylation is 3. The molecule has 6 nitrogen and oxygen atoms in total. The molecule has 1 saturated heterocycles. The van der Waals surface area contributed by atoms with Crippen molar-refractivity contribution < 1.29 is 18.0 Å². The lowest BCUT2D eigenvalue weighted by molar-refractivity contribution is -0.137. The minimum atomic E-state index is -4.35. The maximum absolute atomic E-state index is 13.2. The van der Waals surface area contributed by atoms with Crippen molar-refractivity contribution in [3.05, 3.63) is 64.1 Å². The van der Waals surface area contributed by atoms with Crippen molar-refractivity contribution in [3.63, 3.8) is 0 Å². The van der Waals surface area contributed by atoms with E-state index in [4.69, 9.17) is 0 Å². The number of carbonyl (C=O) groups excluding carboxylic acids is 1. The smallest absolute Gasteiger partial charge is 0.336 e. The van der Waals surface area contributed by atoms with Crippen LogP contribution in [-0.2, 0) is 12.7 Å². The molecular formula is C22H24F3N5O. The molecule has 3 aromatic rings. The van der Waals surface area contributed by atoms with E-state index in [0.29, 0.717) is 55.2 Å². The van der Waals surface area contributed by atoms with Crippen molar-refractivity contribution >= 4 is 11.6 Å². The van der Waals surface area contributed by atoms with Gasteiger partial charge in [0.1, 0.15) is 5.56 Å². The fraction of sp³-hybridized carbons (Fsp3) is 0.409. The average Bonchev–Trinajstić information content (AvgIpc) is 3.04. The first-order chi connectivity index (χ1) is 14.6. The number of nitrogens with zero attached hydrogens (tertiary/aromatic N) is 5. The molecule has 0 radical (unpaired) electrons. The lowest BCUT2D eigenvalue weighted by Gasteiger charge is -2.34. The van der Waals surface area contributed by atoms with E-state index in [2.05, 4.69) is 15.0 Å². The molecule has 0 unspecified atom stereocenters. The molecule has 0 aliphatic carbocycles. The highest BCUT2D eigenvalue weighted by Crippen LogP contribution is 2.30. The van der Waals surface area contributed by atoms with Gasteiger partial charge in [-0.05, 0) is 38.5 Å². The molecule has 0 N–H and O–H groups in total. The lowest BCUT2D eigenvalue weighted by atomic mass is 10.1. The topological polar surface area (TPSA) is 53.7 Å². The highest BCUT2D eigenvalue weighted by Gasteiger charge is 2.31. The molecule has 1 aliphatic heterocycles. The summed E-state index contributed by atoms with van der Waals surface area (Å²) in [5.41, 5.74) is 3.42. The Hall–Kier alpha value is -2.94. The highest BCUT2D eigenvalue weighted by molar-refractivity contribution is 6.01. The summed E-state index contributed by atoms with van der Waals surface area (Å²) in [6, 6.07) is 7.32. The van der Waals surface area contributed by atoms with E-state index in [9.17, 15) is 18.0 Å². The molecule has 1 amide bonds. The lowest BCUT2D eigenvalue weighted by Crippen LogP contribution is -2.48. The van der Waals surface area contributed by atoms with Crippen LogP contribution >= 0.6 is 0 Å². The van der Waals surface area contributed by atoms with E-state index in [1.165, 1.54) is 12.1 Å². The predicted octanol–water partition coefficient (Wildman–Crippen LogP) is 3.63. The Labute approximate surface area is 178 Å². The second kappa shape index (κ2) is 7.96. The summed E-state index contributed by atoms with van der Waals surface area (Å²) in [5.74, 6) is -0.108. The van der Waals surface area contributed by atoms with Crippen LogP contribution in [0.5, 0.6) is 0 Å². The minimum absolute atomic E-state index is 0.108. The summed E-state index contributed by atoms with van der Waals surface area (Å²) >= 11 is 0. The van der Waals surface area contributed by atoms with E-state index < -0.39 is 11.7 Å². The number of rotatable bonds is 3. The molecule has 31 heavy (non-hydrogen) atoms. The second-order valence-electron chi connectivity index (χ2n) is 8.00. The molecule has 1 aliphatic rings. The van der Waals surface area contributed by atoms with Gasteiger partial charge in [-0.3, -0.25) is 9.69 Å². The van der Waals surface area contributed by atoms with Gasteiger partial charge in [-0.25, -0.2) is 9.50 Å². The average molecular weight is 431 g/mol. The van der Waals surface area contributed by atoms with Crippen LogP contribution in [0, 0.1) is 20.8 Å². The van der Waals surface area contributed by atoms with Crippen molar-refractivity contribution in [1.82, 2.24) is 24.4 Å². The quantitative estimate of drug-likeness (QED) is 0.636. The van der Waals surface area contributed by atoms with E-state index >= 15 is 0 Å². The van der Waals surface area contributed by atoms with Gasteiger partial charge in [0.2, 0.25) is 0 Å². The van der Waals surface area contributed by atoms with Crippen LogP contribution in [0.15, 0.2) is 30.3 Å². The van der Waals surface area contributed by atoms with Crippen LogP contribution < -0.4 is 0 Å². The van der Waals surface area contributed by atoms with Gasteiger partial charge in [-0.15, -0.1) is 0 Å². The van der Waals surface area contributed by atoms with Crippen LogP contribution in [0.2, 0.25) is 0 Å². The fourth-order valence-corrected chi connectivity index (χ4v) is 4.05. The number of halogens is 3. The largest absolute Gasteiger partial charge is 0.416 e. The Balaban J connectivity index is 1.46. The van der Waals surface area contributed by atoms with E-state index in [0.717, 1.165) is 17.5 Å². The van der Waals surface area contributed by atoms with Crippen LogP contribution in [0.1, 0.15) is 38.6 Å². The summed E-state index contributed by atoms with van der Waals surface area (Å²) in [5, 5.41) is 4.47. The monoisotopic (exact) mass is 431 g/mol. The molecule has 0 spiro atoms. The predicted molar refractivity (Wildman–Crippen MR) is 110 cm³/mol. The third kappa shape index (κ3) is 4.27. The van der Waals surface area contributed by atoms with Gasteiger partial charge in [-0.1, -0.05) is 18.2 Å². The molecular weight excluding hydrogens is 407 g/mol. The first-order valence-electron chi connectivity index (χ1n) is 10.1. The first kappa shape index (κ1) is 21.3. The van der Waals surface area contributed by atoms with Gasteiger partial charge in [-0.2, -0.15) is 18.3 Å². The summed E-state index contributed by atoms with van der Waals surface area (Å²) in [7, 11) is 0. The normalized spacial score (nSPS) is 15.6. The van der Waals surface area contributed by atoms with Crippen LogP contribution in [-0.4, -0.2) is 56.5 Å². The molecule has 3 heterocycles. The van der Waals surface area contributed by atoms with Crippen molar-refractivity contribution in [2.75, 3.05) is 26.2 Å². The number of carbonyl (C=O) groups is 1. The van der Waals surface area contributed by atoms with E-state index in [1.54, 1.807) is 22.4 Å².